The summed E-state index contributed by atoms with van der Waals surface area (Å²) in [7, 11) is 0. The minimum atomic E-state index is -0.562. The van der Waals surface area contributed by atoms with Gasteiger partial charge in [0.2, 0.25) is 0 Å². The van der Waals surface area contributed by atoms with E-state index < -0.39 is 6.10 Å². The lowest BCUT2D eigenvalue weighted by molar-refractivity contribution is 0.224. The molecule has 0 aliphatic carbocycles. The van der Waals surface area contributed by atoms with E-state index in [0.29, 0.717) is 0 Å². The molecule has 0 bridgehead atoms. The molecule has 1 N–H and O–H groups in total. The molecular weight excluding hydrogens is 250 g/mol. The zero-order valence-electron chi connectivity index (χ0n) is 9.25. The Kier molecular flexibility index (Phi) is 2.70. The van der Waals surface area contributed by atoms with E-state index in [4.69, 9.17) is 0 Å². The van der Waals surface area contributed by atoms with Gasteiger partial charge in [0.15, 0.2) is 0 Å². The molecule has 0 radical (unpaired) electrons. The Balaban J connectivity index is 1.98. The van der Waals surface area contributed by atoms with Crippen LogP contribution in [-0.4, -0.2) is 10.1 Å². The van der Waals surface area contributed by atoms with Crippen molar-refractivity contribution in [3.8, 4) is 0 Å². The fourth-order valence-electron chi connectivity index (χ4n) is 1.72. The number of fused-ring (bicyclic) bond motifs is 1. The number of rotatable bonds is 2. The third-order valence-corrected chi connectivity index (χ3v) is 4.82. The van der Waals surface area contributed by atoms with E-state index in [0.717, 1.165) is 16.1 Å². The maximum atomic E-state index is 10.3. The van der Waals surface area contributed by atoms with Gasteiger partial charge in [0.05, 0.1) is 0 Å². The number of hydrogen-bond donors (Lipinski definition) is 1. The van der Waals surface area contributed by atoms with Gasteiger partial charge in [-0.25, -0.2) is 0 Å². The van der Waals surface area contributed by atoms with Crippen molar-refractivity contribution in [2.45, 2.75) is 13.0 Å². The van der Waals surface area contributed by atoms with Crippen LogP contribution in [0.1, 0.15) is 22.2 Å². The first-order valence-electron chi connectivity index (χ1n) is 5.31. The van der Waals surface area contributed by atoms with E-state index in [2.05, 4.69) is 22.5 Å². The normalized spacial score (nSPS) is 13.1. The van der Waals surface area contributed by atoms with Crippen LogP contribution < -0.4 is 0 Å². The van der Waals surface area contributed by atoms with Crippen LogP contribution in [0.15, 0.2) is 35.8 Å². The van der Waals surface area contributed by atoms with Crippen LogP contribution in [0, 0.1) is 6.92 Å². The topological polar surface area (TPSA) is 33.1 Å². The number of nitrogens with zero attached hydrogens (tertiary/aromatic N) is 1. The van der Waals surface area contributed by atoms with Crippen molar-refractivity contribution in [3.05, 3.63) is 52.0 Å². The quantitative estimate of drug-likeness (QED) is 0.762. The van der Waals surface area contributed by atoms with Crippen LogP contribution in [0.2, 0.25) is 0 Å². The highest BCUT2D eigenvalue weighted by Gasteiger charge is 2.14. The van der Waals surface area contributed by atoms with Crippen LogP contribution in [0.3, 0.4) is 0 Å². The van der Waals surface area contributed by atoms with E-state index >= 15 is 0 Å². The number of pyridine rings is 1. The average molecular weight is 261 g/mol. The summed E-state index contributed by atoms with van der Waals surface area (Å²) in [6, 6.07) is 8.01. The van der Waals surface area contributed by atoms with Gasteiger partial charge < -0.3 is 5.11 Å². The molecule has 0 aliphatic rings. The Morgan fingerprint density at radius 2 is 2.12 bits per heavy atom. The van der Waals surface area contributed by atoms with Gasteiger partial charge in [0, 0.05) is 31.7 Å². The average Bonchev–Trinajstić information content (AvgIpc) is 2.89. The molecule has 86 valence electrons. The highest BCUT2D eigenvalue weighted by Crippen LogP contribution is 2.35. The van der Waals surface area contributed by atoms with Crippen LogP contribution >= 0.6 is 22.7 Å². The van der Waals surface area contributed by atoms with Crippen LogP contribution in [-0.2, 0) is 0 Å². The van der Waals surface area contributed by atoms with Crippen LogP contribution in [0.4, 0.5) is 0 Å². The Morgan fingerprint density at radius 1 is 1.24 bits per heavy atom. The van der Waals surface area contributed by atoms with Crippen molar-refractivity contribution in [1.29, 1.82) is 0 Å². The largest absolute Gasteiger partial charge is 0.383 e. The number of hydrogen-bond acceptors (Lipinski definition) is 4. The lowest BCUT2D eigenvalue weighted by Crippen LogP contribution is -1.97. The number of aliphatic hydroxyl groups excluding tert-OH is 1. The number of thiophene rings is 2. The van der Waals surface area contributed by atoms with Crippen molar-refractivity contribution in [2.24, 2.45) is 0 Å². The molecule has 0 fully saturated rings. The fourth-order valence-corrected chi connectivity index (χ4v) is 3.86. The van der Waals surface area contributed by atoms with Gasteiger partial charge in [-0.2, -0.15) is 0 Å². The molecule has 1 atom stereocenters. The lowest BCUT2D eigenvalue weighted by atomic mass is 10.1. The highest BCUT2D eigenvalue weighted by atomic mass is 32.1. The van der Waals surface area contributed by atoms with Gasteiger partial charge in [-0.3, -0.25) is 4.98 Å². The van der Waals surface area contributed by atoms with E-state index in [1.807, 2.05) is 19.1 Å². The SMILES string of the molecule is Cc1ccc(C(O)c2cc3sccc3s2)cn1. The molecule has 3 aromatic rings. The molecule has 1 unspecified atom stereocenters. The summed E-state index contributed by atoms with van der Waals surface area (Å²) in [5.74, 6) is 0. The maximum absolute atomic E-state index is 10.3. The summed E-state index contributed by atoms with van der Waals surface area (Å²) in [4.78, 5) is 5.20. The number of aliphatic hydroxyl groups is 1. The van der Waals surface area contributed by atoms with Crippen molar-refractivity contribution in [3.63, 3.8) is 0 Å². The van der Waals surface area contributed by atoms with Gasteiger partial charge in [-0.15, -0.1) is 22.7 Å². The van der Waals surface area contributed by atoms with E-state index in [-0.39, 0.29) is 0 Å². The Bertz CT molecular complexity index is 610. The second-order valence-corrected chi connectivity index (χ2v) is 6.00. The van der Waals surface area contributed by atoms with Crippen molar-refractivity contribution in [2.75, 3.05) is 0 Å². The Hall–Kier alpha value is -1.23. The van der Waals surface area contributed by atoms with E-state index in [9.17, 15) is 5.11 Å². The predicted molar refractivity (Wildman–Crippen MR) is 72.7 cm³/mol. The Morgan fingerprint density at radius 3 is 2.82 bits per heavy atom. The molecule has 0 aliphatic heterocycles. The standard InChI is InChI=1S/C13H11NOS2/c1-8-2-3-9(7-14-8)13(15)12-6-11-10(17-12)4-5-16-11/h2-7,13,15H,1H3. The highest BCUT2D eigenvalue weighted by molar-refractivity contribution is 7.26. The van der Waals surface area contributed by atoms with Gasteiger partial charge in [0.1, 0.15) is 6.10 Å². The van der Waals surface area contributed by atoms with Gasteiger partial charge >= 0.3 is 0 Å². The zero-order chi connectivity index (χ0) is 11.8. The molecule has 3 heterocycles. The molecule has 0 saturated carbocycles. The predicted octanol–water partition coefficient (Wildman–Crippen LogP) is 3.75. The molecule has 17 heavy (non-hydrogen) atoms. The minimum Gasteiger partial charge on any atom is -0.383 e. The molecule has 0 spiro atoms. The zero-order valence-corrected chi connectivity index (χ0v) is 10.9. The molecule has 3 aromatic heterocycles. The molecule has 0 aromatic carbocycles. The molecule has 0 saturated heterocycles. The third kappa shape index (κ3) is 1.99. The summed E-state index contributed by atoms with van der Waals surface area (Å²) in [6.45, 7) is 1.94. The third-order valence-electron chi connectivity index (χ3n) is 2.68. The number of aryl methyl sites for hydroxylation is 1. The second kappa shape index (κ2) is 4.22. The maximum Gasteiger partial charge on any atom is 0.115 e. The lowest BCUT2D eigenvalue weighted by Gasteiger charge is -2.08. The first kappa shape index (κ1) is 10.9. The minimum absolute atomic E-state index is 0.562. The summed E-state index contributed by atoms with van der Waals surface area (Å²) in [6.07, 6.45) is 1.18. The fraction of sp³-hybridized carbons (Fsp3) is 0.154. The molecule has 2 nitrogen and oxygen atoms in total. The molecular formula is C13H11NOS2. The first-order chi connectivity index (χ1) is 8.24. The van der Waals surface area contributed by atoms with Crippen molar-refractivity contribution < 1.29 is 5.11 Å². The summed E-state index contributed by atoms with van der Waals surface area (Å²) in [5.41, 5.74) is 1.82. The smallest absolute Gasteiger partial charge is 0.115 e. The monoisotopic (exact) mass is 261 g/mol. The summed E-state index contributed by atoms with van der Waals surface area (Å²) >= 11 is 3.35. The summed E-state index contributed by atoms with van der Waals surface area (Å²) in [5, 5.41) is 12.4. The van der Waals surface area contributed by atoms with Gasteiger partial charge in [-0.1, -0.05) is 6.07 Å². The molecule has 3 rings (SSSR count). The number of aromatic nitrogens is 1. The first-order valence-corrected chi connectivity index (χ1v) is 7.01. The molecule has 4 heteroatoms. The van der Waals surface area contributed by atoms with Crippen LogP contribution in [0.25, 0.3) is 9.40 Å². The summed E-state index contributed by atoms with van der Waals surface area (Å²) < 4.78 is 2.48. The van der Waals surface area contributed by atoms with Gasteiger partial charge in [-0.05, 0) is 30.5 Å². The van der Waals surface area contributed by atoms with Gasteiger partial charge in [0.25, 0.3) is 0 Å². The van der Waals surface area contributed by atoms with Crippen molar-refractivity contribution in [1.82, 2.24) is 4.98 Å². The Labute approximate surface area is 107 Å². The molecule has 0 amide bonds. The van der Waals surface area contributed by atoms with E-state index in [1.165, 1.54) is 9.40 Å². The second-order valence-electron chi connectivity index (χ2n) is 3.93. The van der Waals surface area contributed by atoms with Crippen LogP contribution in [0.5, 0.6) is 0 Å². The van der Waals surface area contributed by atoms with E-state index in [1.54, 1.807) is 28.9 Å². The van der Waals surface area contributed by atoms with Crippen molar-refractivity contribution >= 4 is 32.1 Å².